The zero-order valence-corrected chi connectivity index (χ0v) is 30.8. The van der Waals surface area contributed by atoms with E-state index in [0.29, 0.717) is 10.6 Å². The summed E-state index contributed by atoms with van der Waals surface area (Å²) in [5.41, 5.74) is -3.11. The maximum atomic E-state index is 16.0. The molecule has 8 nitrogen and oxygen atoms in total. The molecule has 4 rings (SSSR count). The normalized spacial score (nSPS) is 16.8. The number of carbonyl (C=O) groups excluding carboxylic acids is 4. The lowest BCUT2D eigenvalue weighted by atomic mass is 10.0. The number of anilines is 2. The Kier molecular flexibility index (Phi) is 11.2. The summed E-state index contributed by atoms with van der Waals surface area (Å²) < 4.78 is 40.2. The molecule has 0 radical (unpaired) electrons. The fourth-order valence-electron chi connectivity index (χ4n) is 4.87. The van der Waals surface area contributed by atoms with E-state index in [1.807, 2.05) is 0 Å². The van der Waals surface area contributed by atoms with E-state index in [9.17, 15) is 19.2 Å². The number of rotatable bonds is 7. The minimum Gasteiger partial charge on any atom is -0.443 e. The molecule has 0 aliphatic heterocycles. The number of imide groups is 1. The summed E-state index contributed by atoms with van der Waals surface area (Å²) in [6.45, 7) is 9.00. The van der Waals surface area contributed by atoms with E-state index in [4.69, 9.17) is 67.5 Å². The van der Waals surface area contributed by atoms with Gasteiger partial charge < -0.3 is 14.8 Å². The average molecular weight is 779 g/mol. The molecule has 3 aromatic carbocycles. The van der Waals surface area contributed by atoms with Gasteiger partial charge in [-0.2, -0.15) is 4.90 Å². The van der Waals surface area contributed by atoms with Crippen molar-refractivity contribution in [3.63, 3.8) is 0 Å². The molecule has 0 aromatic heterocycles. The fraction of sp³-hybridized carbons (Fsp3) is 0.353. The number of benzene rings is 3. The number of Topliss-reactive ketones (excluding diaryl/α,β-unsaturated/α-hetero) is 1. The standard InChI is InChI=1S/C34H31Cl5F2N2O6/c1-32(2,3)48-30(46)43(31(47)49-33(4,5)6)28-23(40)12-8-17(27(28)41)14-24(44)19-15-18(9-11-20(19)35)42-29(45)26-25(34(26,38)39)16-7-10-21(36)22(37)13-16/h7-13,15,25-26H,14H2,1-6H3,(H,42,45)/t25-,26+/m0/s1. The van der Waals surface area contributed by atoms with Crippen LogP contribution in [-0.2, 0) is 20.7 Å². The number of hydrogen-bond donors (Lipinski definition) is 1. The Morgan fingerprint density at radius 2 is 1.39 bits per heavy atom. The van der Waals surface area contributed by atoms with Gasteiger partial charge in [0.1, 0.15) is 21.2 Å². The largest absolute Gasteiger partial charge is 0.443 e. The molecule has 0 bridgehead atoms. The molecule has 1 saturated carbocycles. The molecule has 0 unspecified atom stereocenters. The third-order valence-electron chi connectivity index (χ3n) is 7.05. The van der Waals surface area contributed by atoms with Crippen molar-refractivity contribution in [3.8, 4) is 0 Å². The van der Waals surface area contributed by atoms with Crippen molar-refractivity contribution in [2.75, 3.05) is 10.2 Å². The van der Waals surface area contributed by atoms with Crippen LogP contribution in [0.1, 0.15) is 68.9 Å². The predicted molar refractivity (Wildman–Crippen MR) is 187 cm³/mol. The summed E-state index contributed by atoms with van der Waals surface area (Å²) in [5, 5.41) is 3.22. The van der Waals surface area contributed by atoms with Gasteiger partial charge in [-0.3, -0.25) is 9.59 Å². The molecule has 49 heavy (non-hydrogen) atoms. The first kappa shape index (κ1) is 38.6. The first-order valence-electron chi connectivity index (χ1n) is 14.7. The number of ketones is 1. The van der Waals surface area contributed by atoms with Crippen LogP contribution in [0.5, 0.6) is 0 Å². The molecule has 15 heteroatoms. The number of ether oxygens (including phenoxy) is 2. The lowest BCUT2D eigenvalue weighted by Gasteiger charge is -2.29. The molecule has 0 saturated heterocycles. The molecular weight excluding hydrogens is 748 g/mol. The molecule has 3 amide bonds. The first-order valence-corrected chi connectivity index (χ1v) is 16.6. The van der Waals surface area contributed by atoms with Crippen LogP contribution in [0.15, 0.2) is 48.5 Å². The zero-order valence-electron chi connectivity index (χ0n) is 27.0. The van der Waals surface area contributed by atoms with Crippen LogP contribution in [0.25, 0.3) is 0 Å². The Morgan fingerprint density at radius 3 is 1.94 bits per heavy atom. The summed E-state index contributed by atoms with van der Waals surface area (Å²) >= 11 is 31.3. The van der Waals surface area contributed by atoms with Crippen LogP contribution >= 0.6 is 58.0 Å². The molecule has 1 fully saturated rings. The molecule has 0 spiro atoms. The molecule has 0 heterocycles. The van der Waals surface area contributed by atoms with Crippen molar-refractivity contribution in [3.05, 3.63) is 91.9 Å². The Hall–Kier alpha value is -3.15. The summed E-state index contributed by atoms with van der Waals surface area (Å²) in [5.74, 6) is -5.44. The average Bonchev–Trinajstić information content (AvgIpc) is 3.54. The van der Waals surface area contributed by atoms with E-state index < -0.39 is 75.0 Å². The van der Waals surface area contributed by atoms with Gasteiger partial charge in [-0.15, -0.1) is 23.2 Å². The van der Waals surface area contributed by atoms with Gasteiger partial charge in [0.05, 0.1) is 21.0 Å². The van der Waals surface area contributed by atoms with Crippen LogP contribution in [0.3, 0.4) is 0 Å². The van der Waals surface area contributed by atoms with E-state index in [1.54, 1.807) is 18.2 Å². The highest BCUT2D eigenvalue weighted by Gasteiger charge is 2.67. The summed E-state index contributed by atoms with van der Waals surface area (Å²) in [7, 11) is 0. The van der Waals surface area contributed by atoms with E-state index in [-0.39, 0.29) is 31.8 Å². The van der Waals surface area contributed by atoms with E-state index >= 15 is 8.78 Å². The van der Waals surface area contributed by atoms with Crippen molar-refractivity contribution >= 4 is 93.3 Å². The van der Waals surface area contributed by atoms with Crippen molar-refractivity contribution in [2.45, 2.75) is 69.4 Å². The van der Waals surface area contributed by atoms with Gasteiger partial charge in [-0.1, -0.05) is 46.9 Å². The van der Waals surface area contributed by atoms with Crippen molar-refractivity contribution in [1.82, 2.24) is 0 Å². The minimum atomic E-state index is -1.45. The Morgan fingerprint density at radius 1 is 0.816 bits per heavy atom. The highest BCUT2D eigenvalue weighted by molar-refractivity contribution is 6.53. The lowest BCUT2D eigenvalue weighted by Crippen LogP contribution is -2.44. The van der Waals surface area contributed by atoms with Gasteiger partial charge in [0, 0.05) is 23.6 Å². The van der Waals surface area contributed by atoms with Crippen LogP contribution in [0.2, 0.25) is 15.1 Å². The molecule has 262 valence electrons. The molecule has 1 aliphatic carbocycles. The number of hydrogen-bond acceptors (Lipinski definition) is 6. The summed E-state index contributed by atoms with van der Waals surface area (Å²) in [6, 6.07) is 10.6. The summed E-state index contributed by atoms with van der Waals surface area (Å²) in [6.07, 6.45) is -3.48. The van der Waals surface area contributed by atoms with Crippen LogP contribution in [0, 0.1) is 17.6 Å². The SMILES string of the molecule is CC(C)(C)OC(=O)N(C(=O)OC(C)(C)C)c1c(F)ccc(CC(=O)c2cc(NC(=O)[C@H]3[C@H](c4ccc(Cl)c(Cl)c4)C3(Cl)Cl)ccc2Cl)c1F. The summed E-state index contributed by atoms with van der Waals surface area (Å²) in [4.78, 5) is 52.9. The van der Waals surface area contributed by atoms with Crippen LogP contribution < -0.4 is 10.2 Å². The third-order valence-corrected chi connectivity index (χ3v) is 9.06. The Labute approximate surface area is 306 Å². The van der Waals surface area contributed by atoms with Crippen molar-refractivity contribution in [1.29, 1.82) is 0 Å². The van der Waals surface area contributed by atoms with Crippen LogP contribution in [-0.4, -0.2) is 39.4 Å². The predicted octanol–water partition coefficient (Wildman–Crippen LogP) is 10.6. The Balaban J connectivity index is 1.60. The molecular formula is C34H31Cl5F2N2O6. The molecule has 1 aliphatic rings. The molecule has 2 atom stereocenters. The van der Waals surface area contributed by atoms with Gasteiger partial charge in [0.15, 0.2) is 17.4 Å². The zero-order chi connectivity index (χ0) is 36.8. The van der Waals surface area contributed by atoms with E-state index in [1.165, 1.54) is 59.7 Å². The topological polar surface area (TPSA) is 102 Å². The number of nitrogens with zero attached hydrogens (tertiary/aromatic N) is 1. The van der Waals surface area contributed by atoms with Crippen molar-refractivity contribution < 1.29 is 37.4 Å². The second kappa shape index (κ2) is 14.2. The smallest absolute Gasteiger partial charge is 0.424 e. The van der Waals surface area contributed by atoms with Gasteiger partial charge in [-0.25, -0.2) is 18.4 Å². The quantitative estimate of drug-likeness (QED) is 0.189. The van der Waals surface area contributed by atoms with Gasteiger partial charge in [-0.05, 0) is 89.1 Å². The fourth-order valence-corrected chi connectivity index (χ4v) is 6.23. The maximum Gasteiger partial charge on any atom is 0.424 e. The third kappa shape index (κ3) is 8.96. The maximum absolute atomic E-state index is 16.0. The molecule has 1 N–H and O–H groups in total. The van der Waals surface area contributed by atoms with E-state index in [0.717, 1.165) is 12.1 Å². The number of nitrogens with one attached hydrogen (secondary N) is 1. The Bertz CT molecular complexity index is 1810. The van der Waals surface area contributed by atoms with Gasteiger partial charge in [0.2, 0.25) is 5.91 Å². The highest BCUT2D eigenvalue weighted by Crippen LogP contribution is 2.65. The number of halogens is 7. The number of amides is 3. The highest BCUT2D eigenvalue weighted by atomic mass is 35.5. The van der Waals surface area contributed by atoms with Gasteiger partial charge >= 0.3 is 12.2 Å². The second-order valence-corrected chi connectivity index (χ2v) is 15.9. The number of alkyl halides is 2. The van der Waals surface area contributed by atoms with E-state index in [2.05, 4.69) is 5.32 Å². The molecule has 3 aromatic rings. The first-order chi connectivity index (χ1) is 22.5. The minimum absolute atomic E-state index is 0.0287. The van der Waals surface area contributed by atoms with Crippen molar-refractivity contribution in [2.24, 2.45) is 5.92 Å². The van der Waals surface area contributed by atoms with Gasteiger partial charge in [0.25, 0.3) is 0 Å². The number of carbonyl (C=O) groups is 4. The monoisotopic (exact) mass is 776 g/mol. The lowest BCUT2D eigenvalue weighted by molar-refractivity contribution is -0.117. The second-order valence-electron chi connectivity index (χ2n) is 13.3. The van der Waals surface area contributed by atoms with Crippen LogP contribution in [0.4, 0.5) is 29.7 Å².